The molecule has 2 rings (SSSR count). The molecule has 2 N–H and O–H groups in total. The fraction of sp³-hybridized carbons (Fsp3) is 0.231. The molecule has 0 aliphatic heterocycles. The van der Waals surface area contributed by atoms with E-state index in [9.17, 15) is 9.59 Å². The molecule has 0 radical (unpaired) electrons. The predicted octanol–water partition coefficient (Wildman–Crippen LogP) is 2.11. The minimum absolute atomic E-state index is 0.127. The van der Waals surface area contributed by atoms with Crippen molar-refractivity contribution in [3.63, 3.8) is 0 Å². The molecule has 20 heavy (non-hydrogen) atoms. The average molecular weight is 298 g/mol. The SMILES string of the molecule is O=C(CCCOc1cc(=O)oc2cc(Cl)ccc12)NO. The van der Waals surface area contributed by atoms with E-state index in [2.05, 4.69) is 0 Å². The molecule has 0 unspecified atom stereocenters. The maximum atomic E-state index is 11.4. The number of nitrogens with one attached hydrogen (secondary N) is 1. The Morgan fingerprint density at radius 2 is 2.20 bits per heavy atom. The van der Waals surface area contributed by atoms with Crippen molar-refractivity contribution >= 4 is 28.5 Å². The van der Waals surface area contributed by atoms with Gasteiger partial charge in [-0.3, -0.25) is 10.0 Å². The Morgan fingerprint density at radius 1 is 1.40 bits per heavy atom. The number of carbonyl (C=O) groups excluding carboxylic acids is 1. The molecule has 1 amide bonds. The standard InChI is InChI=1S/C13H12ClNO5/c14-8-3-4-9-10(7-13(17)20-11(9)6-8)19-5-1-2-12(16)15-18/h3-4,6-7,18H,1-2,5H2,(H,15,16). The number of hydroxylamine groups is 1. The Kier molecular flexibility index (Phi) is 4.60. The summed E-state index contributed by atoms with van der Waals surface area (Å²) in [6, 6.07) is 6.12. The summed E-state index contributed by atoms with van der Waals surface area (Å²) in [6.45, 7) is 0.231. The molecule has 1 aromatic heterocycles. The molecule has 0 atom stereocenters. The Labute approximate surface area is 118 Å². The zero-order chi connectivity index (χ0) is 14.5. The van der Waals surface area contributed by atoms with Crippen LogP contribution in [-0.4, -0.2) is 17.7 Å². The van der Waals surface area contributed by atoms with Gasteiger partial charge in [0, 0.05) is 17.5 Å². The smallest absolute Gasteiger partial charge is 0.339 e. The Bertz CT molecular complexity index is 682. The molecule has 1 aromatic carbocycles. The van der Waals surface area contributed by atoms with E-state index in [1.165, 1.54) is 17.6 Å². The second-order valence-corrected chi connectivity index (χ2v) is 4.49. The summed E-state index contributed by atoms with van der Waals surface area (Å²) in [5.41, 5.74) is 1.34. The van der Waals surface area contributed by atoms with E-state index in [-0.39, 0.29) is 13.0 Å². The highest BCUT2D eigenvalue weighted by atomic mass is 35.5. The van der Waals surface area contributed by atoms with Crippen molar-refractivity contribution in [2.24, 2.45) is 0 Å². The van der Waals surface area contributed by atoms with Gasteiger partial charge in [0.1, 0.15) is 11.3 Å². The number of rotatable bonds is 5. The third-order valence-electron chi connectivity index (χ3n) is 2.60. The summed E-state index contributed by atoms with van der Waals surface area (Å²) in [6.07, 6.45) is 0.531. The molecular weight excluding hydrogens is 286 g/mol. The van der Waals surface area contributed by atoms with E-state index in [1.807, 2.05) is 0 Å². The molecule has 7 heteroatoms. The number of carbonyl (C=O) groups is 1. The molecule has 0 saturated carbocycles. The van der Waals surface area contributed by atoms with Gasteiger partial charge in [-0.1, -0.05) is 11.6 Å². The first-order valence-electron chi connectivity index (χ1n) is 5.89. The van der Waals surface area contributed by atoms with Crippen molar-refractivity contribution < 1.29 is 19.2 Å². The van der Waals surface area contributed by atoms with Gasteiger partial charge in [0.05, 0.1) is 18.1 Å². The summed E-state index contributed by atoms with van der Waals surface area (Å²) < 4.78 is 10.5. The number of benzene rings is 1. The molecule has 106 valence electrons. The van der Waals surface area contributed by atoms with Crippen LogP contribution in [0.15, 0.2) is 33.5 Å². The van der Waals surface area contributed by atoms with Crippen LogP contribution in [0.25, 0.3) is 11.0 Å². The zero-order valence-corrected chi connectivity index (χ0v) is 11.1. The van der Waals surface area contributed by atoms with E-state index in [1.54, 1.807) is 12.1 Å². The van der Waals surface area contributed by atoms with Gasteiger partial charge in [-0.05, 0) is 18.6 Å². The quantitative estimate of drug-likeness (QED) is 0.382. The van der Waals surface area contributed by atoms with Crippen LogP contribution in [0.1, 0.15) is 12.8 Å². The van der Waals surface area contributed by atoms with Crippen molar-refractivity contribution in [1.29, 1.82) is 0 Å². The highest BCUT2D eigenvalue weighted by molar-refractivity contribution is 6.31. The van der Waals surface area contributed by atoms with Gasteiger partial charge in [0.15, 0.2) is 0 Å². The van der Waals surface area contributed by atoms with Gasteiger partial charge in [-0.25, -0.2) is 10.3 Å². The second-order valence-electron chi connectivity index (χ2n) is 4.06. The number of hydrogen-bond donors (Lipinski definition) is 2. The maximum absolute atomic E-state index is 11.4. The highest BCUT2D eigenvalue weighted by Crippen LogP contribution is 2.26. The third kappa shape index (κ3) is 3.49. The molecule has 0 saturated heterocycles. The fourth-order valence-electron chi connectivity index (χ4n) is 1.70. The number of amides is 1. The summed E-state index contributed by atoms with van der Waals surface area (Å²) in [5.74, 6) is -0.116. The van der Waals surface area contributed by atoms with Gasteiger partial charge in [0.2, 0.25) is 5.91 Å². The van der Waals surface area contributed by atoms with Crippen LogP contribution in [0.5, 0.6) is 5.75 Å². The molecule has 0 aliphatic carbocycles. The van der Waals surface area contributed by atoms with Gasteiger partial charge in [-0.15, -0.1) is 0 Å². The average Bonchev–Trinajstić information content (AvgIpc) is 2.42. The van der Waals surface area contributed by atoms with Gasteiger partial charge in [-0.2, -0.15) is 0 Å². The number of halogens is 1. The molecule has 0 fully saturated rings. The van der Waals surface area contributed by atoms with E-state index < -0.39 is 11.5 Å². The topological polar surface area (TPSA) is 88.8 Å². The minimum Gasteiger partial charge on any atom is -0.493 e. The van der Waals surface area contributed by atoms with E-state index >= 15 is 0 Å². The molecule has 0 bridgehead atoms. The van der Waals surface area contributed by atoms with Crippen molar-refractivity contribution in [2.75, 3.05) is 6.61 Å². The monoisotopic (exact) mass is 297 g/mol. The largest absolute Gasteiger partial charge is 0.493 e. The summed E-state index contributed by atoms with van der Waals surface area (Å²) >= 11 is 5.83. The molecule has 6 nitrogen and oxygen atoms in total. The van der Waals surface area contributed by atoms with Gasteiger partial charge in [0.25, 0.3) is 0 Å². The lowest BCUT2D eigenvalue weighted by Crippen LogP contribution is -2.18. The molecule has 2 aromatic rings. The first-order chi connectivity index (χ1) is 9.60. The molecular formula is C13H12ClNO5. The number of fused-ring (bicyclic) bond motifs is 1. The minimum atomic E-state index is -0.539. The van der Waals surface area contributed by atoms with Crippen molar-refractivity contribution in [3.05, 3.63) is 39.7 Å². The van der Waals surface area contributed by atoms with Crippen molar-refractivity contribution in [1.82, 2.24) is 5.48 Å². The Hall–Kier alpha value is -2.05. The first kappa shape index (κ1) is 14.4. The van der Waals surface area contributed by atoms with Gasteiger partial charge < -0.3 is 9.15 Å². The van der Waals surface area contributed by atoms with Crippen LogP contribution in [0.3, 0.4) is 0 Å². The lowest BCUT2D eigenvalue weighted by atomic mass is 10.2. The van der Waals surface area contributed by atoms with E-state index in [0.29, 0.717) is 28.2 Å². The lowest BCUT2D eigenvalue weighted by Gasteiger charge is -2.08. The highest BCUT2D eigenvalue weighted by Gasteiger charge is 2.08. The maximum Gasteiger partial charge on any atom is 0.339 e. The molecule has 0 spiro atoms. The molecule has 0 aliphatic rings. The first-order valence-corrected chi connectivity index (χ1v) is 6.27. The van der Waals surface area contributed by atoms with Crippen LogP contribution in [0.2, 0.25) is 5.02 Å². The van der Waals surface area contributed by atoms with Crippen LogP contribution >= 0.6 is 11.6 Å². The van der Waals surface area contributed by atoms with Crippen LogP contribution in [-0.2, 0) is 4.79 Å². The fourth-order valence-corrected chi connectivity index (χ4v) is 1.86. The Morgan fingerprint density at radius 3 is 2.95 bits per heavy atom. The molecule has 1 heterocycles. The number of ether oxygens (including phenoxy) is 1. The zero-order valence-electron chi connectivity index (χ0n) is 10.4. The van der Waals surface area contributed by atoms with Crippen molar-refractivity contribution in [3.8, 4) is 5.75 Å². The van der Waals surface area contributed by atoms with Crippen LogP contribution in [0.4, 0.5) is 0 Å². The van der Waals surface area contributed by atoms with Crippen molar-refractivity contribution in [2.45, 2.75) is 12.8 Å². The Balaban J connectivity index is 2.13. The summed E-state index contributed by atoms with van der Waals surface area (Å²) in [5, 5.41) is 9.43. The summed E-state index contributed by atoms with van der Waals surface area (Å²) in [7, 11) is 0. The van der Waals surface area contributed by atoms with E-state index in [0.717, 1.165) is 0 Å². The van der Waals surface area contributed by atoms with Crippen LogP contribution in [0, 0.1) is 0 Å². The third-order valence-corrected chi connectivity index (χ3v) is 2.83. The second kappa shape index (κ2) is 6.40. The normalized spacial score (nSPS) is 10.5. The predicted molar refractivity (Wildman–Crippen MR) is 72.2 cm³/mol. The summed E-state index contributed by atoms with van der Waals surface area (Å²) in [4.78, 5) is 22.2. The number of hydrogen-bond acceptors (Lipinski definition) is 5. The van der Waals surface area contributed by atoms with E-state index in [4.69, 9.17) is 26.0 Å². The van der Waals surface area contributed by atoms with Crippen LogP contribution < -0.4 is 15.8 Å². The lowest BCUT2D eigenvalue weighted by molar-refractivity contribution is -0.129. The van der Waals surface area contributed by atoms with Gasteiger partial charge >= 0.3 is 5.63 Å².